The smallest absolute Gasteiger partial charge is 0.157 e. The van der Waals surface area contributed by atoms with Gasteiger partial charge in [-0.2, -0.15) is 0 Å². The second kappa shape index (κ2) is 10.4. The number of fused-ring (bicyclic) bond motifs is 1. The third-order valence-electron chi connectivity index (χ3n) is 4.75. The molecule has 0 aliphatic heterocycles. The van der Waals surface area contributed by atoms with Crippen LogP contribution in [0, 0.1) is 6.92 Å². The lowest BCUT2D eigenvalue weighted by molar-refractivity contribution is 0.146. The second-order valence-corrected chi connectivity index (χ2v) is 7.08. The molecule has 0 saturated heterocycles. The molecule has 0 radical (unpaired) electrons. The fourth-order valence-corrected chi connectivity index (χ4v) is 3.18. The Kier molecular flexibility index (Phi) is 6.91. The van der Waals surface area contributed by atoms with E-state index >= 15 is 0 Å². The van der Waals surface area contributed by atoms with Crippen molar-refractivity contribution in [3.05, 3.63) is 66.6 Å². The van der Waals surface area contributed by atoms with Crippen LogP contribution in [0.3, 0.4) is 0 Å². The fourth-order valence-electron chi connectivity index (χ4n) is 3.18. The monoisotopic (exact) mass is 444 g/mol. The number of aliphatic imine (C=N–C) groups is 1. The second-order valence-electron chi connectivity index (χ2n) is 7.08. The molecule has 0 spiro atoms. The maximum Gasteiger partial charge on any atom is 0.157 e. The first-order valence-corrected chi connectivity index (χ1v) is 10.3. The van der Waals surface area contributed by atoms with Crippen LogP contribution in [-0.2, 0) is 4.74 Å². The van der Waals surface area contributed by atoms with E-state index in [1.807, 2.05) is 43.3 Å². The number of nitrogens with two attached hydrogens (primary N) is 1. The topological polar surface area (TPSA) is 117 Å². The van der Waals surface area contributed by atoms with Crippen LogP contribution < -0.4 is 20.5 Å². The van der Waals surface area contributed by atoms with Crippen molar-refractivity contribution in [1.29, 1.82) is 0 Å². The van der Waals surface area contributed by atoms with E-state index < -0.39 is 0 Å². The fraction of sp³-hybridized carbons (Fsp3) is 0.167. The van der Waals surface area contributed by atoms with Crippen LogP contribution in [0.5, 0.6) is 17.2 Å². The summed E-state index contributed by atoms with van der Waals surface area (Å²) in [5.74, 6) is 3.23. The average molecular weight is 444 g/mol. The molecule has 0 amide bonds. The van der Waals surface area contributed by atoms with Gasteiger partial charge in [-0.05, 0) is 55.0 Å². The lowest BCUT2D eigenvalue weighted by Crippen LogP contribution is -2.04. The Morgan fingerprint density at radius 2 is 1.91 bits per heavy atom. The van der Waals surface area contributed by atoms with Crippen molar-refractivity contribution < 1.29 is 14.2 Å². The van der Waals surface area contributed by atoms with E-state index in [0.29, 0.717) is 30.6 Å². The SMILES string of the molecule is COCCOc1ccc2ncnc(Nc3ccc(Oc4ccnc(N=CN)c4)c(C)c3)c2c1. The van der Waals surface area contributed by atoms with Crippen molar-refractivity contribution in [2.24, 2.45) is 10.7 Å². The maximum atomic E-state index is 6.00. The Hall–Kier alpha value is -4.24. The molecule has 0 aliphatic rings. The van der Waals surface area contributed by atoms with Gasteiger partial charge >= 0.3 is 0 Å². The Morgan fingerprint density at radius 1 is 1.00 bits per heavy atom. The first kappa shape index (κ1) is 22.0. The minimum Gasteiger partial charge on any atom is -0.491 e. The zero-order valence-electron chi connectivity index (χ0n) is 18.4. The third kappa shape index (κ3) is 5.52. The summed E-state index contributed by atoms with van der Waals surface area (Å²) in [5, 5.41) is 4.23. The lowest BCUT2D eigenvalue weighted by Gasteiger charge is -2.13. The molecule has 0 aliphatic carbocycles. The van der Waals surface area contributed by atoms with Crippen molar-refractivity contribution >= 4 is 34.6 Å². The lowest BCUT2D eigenvalue weighted by atomic mass is 10.2. The molecule has 0 bridgehead atoms. The Morgan fingerprint density at radius 3 is 2.73 bits per heavy atom. The number of hydrogen-bond acceptors (Lipinski definition) is 8. The summed E-state index contributed by atoms with van der Waals surface area (Å²) in [6.45, 7) is 2.96. The molecule has 3 N–H and O–H groups in total. The van der Waals surface area contributed by atoms with E-state index in [1.165, 1.54) is 12.7 Å². The molecule has 4 rings (SSSR count). The molecule has 0 atom stereocenters. The molecule has 4 aromatic rings. The highest BCUT2D eigenvalue weighted by Gasteiger charge is 2.09. The summed E-state index contributed by atoms with van der Waals surface area (Å²) in [7, 11) is 1.64. The number of ether oxygens (including phenoxy) is 3. The number of aryl methyl sites for hydroxylation is 1. The van der Waals surface area contributed by atoms with Gasteiger partial charge in [-0.25, -0.2) is 19.9 Å². The quantitative estimate of drug-likeness (QED) is 0.220. The van der Waals surface area contributed by atoms with Gasteiger partial charge in [0.1, 0.15) is 36.0 Å². The molecule has 9 nitrogen and oxygen atoms in total. The van der Waals surface area contributed by atoms with Crippen molar-refractivity contribution in [2.45, 2.75) is 6.92 Å². The number of nitrogens with one attached hydrogen (secondary N) is 1. The summed E-state index contributed by atoms with van der Waals surface area (Å²) in [6.07, 6.45) is 4.35. The normalized spacial score (nSPS) is 11.1. The zero-order chi connectivity index (χ0) is 23.0. The van der Waals surface area contributed by atoms with Gasteiger partial charge in [0, 0.05) is 30.4 Å². The van der Waals surface area contributed by atoms with Crippen molar-refractivity contribution in [3.8, 4) is 17.2 Å². The summed E-state index contributed by atoms with van der Waals surface area (Å²) >= 11 is 0. The molecular weight excluding hydrogens is 420 g/mol. The molecule has 9 heteroatoms. The average Bonchev–Trinajstić information content (AvgIpc) is 2.82. The first-order valence-electron chi connectivity index (χ1n) is 10.3. The molecule has 0 unspecified atom stereocenters. The van der Waals surface area contributed by atoms with Crippen LogP contribution in [0.15, 0.2) is 66.0 Å². The van der Waals surface area contributed by atoms with Crippen LogP contribution >= 0.6 is 0 Å². The van der Waals surface area contributed by atoms with E-state index in [0.717, 1.165) is 33.7 Å². The minimum atomic E-state index is 0.469. The van der Waals surface area contributed by atoms with Gasteiger partial charge in [0.05, 0.1) is 18.5 Å². The summed E-state index contributed by atoms with van der Waals surface area (Å²) in [6, 6.07) is 15.0. The predicted octanol–water partition coefficient (Wildman–Crippen LogP) is 4.51. The molecule has 33 heavy (non-hydrogen) atoms. The minimum absolute atomic E-state index is 0.469. The van der Waals surface area contributed by atoms with E-state index in [2.05, 4.69) is 25.3 Å². The van der Waals surface area contributed by atoms with Crippen molar-refractivity contribution in [1.82, 2.24) is 15.0 Å². The highest BCUT2D eigenvalue weighted by atomic mass is 16.5. The number of rotatable bonds is 9. The van der Waals surface area contributed by atoms with Gasteiger partial charge in [-0.15, -0.1) is 0 Å². The molecule has 2 aromatic heterocycles. The zero-order valence-corrected chi connectivity index (χ0v) is 18.4. The van der Waals surface area contributed by atoms with Crippen LogP contribution in [0.4, 0.5) is 17.3 Å². The van der Waals surface area contributed by atoms with Crippen LogP contribution in [-0.4, -0.2) is 41.6 Å². The number of hydrogen-bond donors (Lipinski definition) is 2. The van der Waals surface area contributed by atoms with Gasteiger partial charge in [0.15, 0.2) is 5.82 Å². The third-order valence-corrected chi connectivity index (χ3v) is 4.75. The predicted molar refractivity (Wildman–Crippen MR) is 128 cm³/mol. The van der Waals surface area contributed by atoms with Crippen LogP contribution in [0.25, 0.3) is 10.9 Å². The molecule has 0 fully saturated rings. The number of aromatic nitrogens is 3. The Bertz CT molecular complexity index is 1280. The van der Waals surface area contributed by atoms with Gasteiger partial charge in [0.2, 0.25) is 0 Å². The molecular formula is C24H24N6O3. The van der Waals surface area contributed by atoms with Crippen molar-refractivity contribution in [2.75, 3.05) is 25.6 Å². The van der Waals surface area contributed by atoms with E-state index in [9.17, 15) is 0 Å². The number of nitrogens with zero attached hydrogens (tertiary/aromatic N) is 4. The molecule has 0 saturated carbocycles. The largest absolute Gasteiger partial charge is 0.491 e. The highest BCUT2D eigenvalue weighted by molar-refractivity contribution is 5.91. The molecule has 168 valence electrons. The van der Waals surface area contributed by atoms with Gasteiger partial charge < -0.3 is 25.3 Å². The van der Waals surface area contributed by atoms with Gasteiger partial charge in [-0.3, -0.25) is 0 Å². The van der Waals surface area contributed by atoms with E-state index in [4.69, 9.17) is 19.9 Å². The Labute approximate surface area is 191 Å². The van der Waals surface area contributed by atoms with Crippen LogP contribution in [0.1, 0.15) is 5.56 Å². The van der Waals surface area contributed by atoms with Crippen LogP contribution in [0.2, 0.25) is 0 Å². The Balaban J connectivity index is 1.54. The summed E-state index contributed by atoms with van der Waals surface area (Å²) in [4.78, 5) is 16.8. The number of anilines is 2. The highest BCUT2D eigenvalue weighted by Crippen LogP contribution is 2.31. The van der Waals surface area contributed by atoms with E-state index in [1.54, 1.807) is 25.4 Å². The van der Waals surface area contributed by atoms with Gasteiger partial charge in [-0.1, -0.05) is 0 Å². The maximum absolute atomic E-state index is 6.00. The molecule has 2 aromatic carbocycles. The first-order chi connectivity index (χ1) is 16.2. The number of benzene rings is 2. The summed E-state index contributed by atoms with van der Waals surface area (Å²) < 4.78 is 16.8. The van der Waals surface area contributed by atoms with Gasteiger partial charge in [0.25, 0.3) is 0 Å². The summed E-state index contributed by atoms with van der Waals surface area (Å²) in [5.41, 5.74) is 7.97. The number of methoxy groups -OCH3 is 1. The van der Waals surface area contributed by atoms with E-state index in [-0.39, 0.29) is 0 Å². The molecule has 2 heterocycles. The standard InChI is InChI=1S/C24H24N6O3/c1-16-11-17(3-6-22(16)33-19-7-8-26-23(13-19)27-14-25)30-24-20-12-18(32-10-9-31-2)4-5-21(20)28-15-29-24/h3-8,11-15H,9-10H2,1-2H3,(H2,25,26,27)(H,28,29,30). The van der Waals surface area contributed by atoms with Crippen molar-refractivity contribution in [3.63, 3.8) is 0 Å². The number of pyridine rings is 1.